The van der Waals surface area contributed by atoms with E-state index in [4.69, 9.17) is 5.73 Å². The van der Waals surface area contributed by atoms with E-state index in [2.05, 4.69) is 10.6 Å². The molecule has 1 aliphatic rings. The molecule has 0 radical (unpaired) electrons. The maximum absolute atomic E-state index is 13.3. The fourth-order valence-electron chi connectivity index (χ4n) is 4.37. The standard InChI is InChI=1S/C26H40N4O6/c1-5-15(3)21(24(33)29-22(26(35)36)16(4)6-2)28-23(32)20-8-7-13-30(20)25(34)19(27)14-17-9-11-18(31)12-10-17/h9-12,15-16,19-22,31H,5-8,13-14,27H2,1-4H3,(H,28,32)(H,29,33)(H,35,36). The van der Waals surface area contributed by atoms with Crippen molar-refractivity contribution < 1.29 is 29.4 Å². The van der Waals surface area contributed by atoms with E-state index < -0.39 is 42.0 Å². The number of nitrogens with two attached hydrogens (primary N) is 1. The number of carboxylic acid groups (broad SMARTS) is 1. The summed E-state index contributed by atoms with van der Waals surface area (Å²) in [6.07, 6.45) is 2.49. The number of hydrogen-bond donors (Lipinski definition) is 5. The van der Waals surface area contributed by atoms with E-state index in [9.17, 15) is 29.4 Å². The van der Waals surface area contributed by atoms with Gasteiger partial charge in [-0.3, -0.25) is 14.4 Å². The average molecular weight is 505 g/mol. The van der Waals surface area contributed by atoms with Crippen molar-refractivity contribution in [3.63, 3.8) is 0 Å². The molecule has 3 amide bonds. The third kappa shape index (κ3) is 7.43. The number of amides is 3. The van der Waals surface area contributed by atoms with Crippen molar-refractivity contribution in [3.05, 3.63) is 29.8 Å². The highest BCUT2D eigenvalue weighted by Crippen LogP contribution is 2.21. The lowest BCUT2D eigenvalue weighted by molar-refractivity contribution is -0.144. The van der Waals surface area contributed by atoms with Crippen LogP contribution in [0.15, 0.2) is 24.3 Å². The van der Waals surface area contributed by atoms with E-state index in [1.807, 2.05) is 20.8 Å². The van der Waals surface area contributed by atoms with Gasteiger partial charge in [-0.1, -0.05) is 52.7 Å². The molecule has 0 aliphatic carbocycles. The van der Waals surface area contributed by atoms with Crippen molar-refractivity contribution >= 4 is 23.7 Å². The number of aromatic hydroxyl groups is 1. The first-order valence-electron chi connectivity index (χ1n) is 12.7. The summed E-state index contributed by atoms with van der Waals surface area (Å²) in [6.45, 7) is 7.68. The molecule has 6 atom stereocenters. The van der Waals surface area contributed by atoms with Gasteiger partial charge in [0.05, 0.1) is 6.04 Å². The molecule has 6 unspecified atom stereocenters. The summed E-state index contributed by atoms with van der Waals surface area (Å²) in [5.41, 5.74) is 6.96. The van der Waals surface area contributed by atoms with Crippen LogP contribution in [-0.4, -0.2) is 69.5 Å². The van der Waals surface area contributed by atoms with E-state index in [1.165, 1.54) is 17.0 Å². The van der Waals surface area contributed by atoms with Crippen LogP contribution in [-0.2, 0) is 25.6 Å². The molecule has 0 spiro atoms. The molecule has 2 rings (SSSR count). The molecule has 0 bridgehead atoms. The number of phenols is 1. The van der Waals surface area contributed by atoms with Gasteiger partial charge in [0.2, 0.25) is 17.7 Å². The molecule has 0 saturated carbocycles. The van der Waals surface area contributed by atoms with Crippen LogP contribution in [0.5, 0.6) is 5.75 Å². The summed E-state index contributed by atoms with van der Waals surface area (Å²) in [7, 11) is 0. The summed E-state index contributed by atoms with van der Waals surface area (Å²) in [5, 5.41) is 24.4. The number of rotatable bonds is 12. The highest BCUT2D eigenvalue weighted by Gasteiger charge is 2.39. The molecule has 6 N–H and O–H groups in total. The summed E-state index contributed by atoms with van der Waals surface area (Å²) >= 11 is 0. The Labute approximate surface area is 212 Å². The lowest BCUT2D eigenvalue weighted by Gasteiger charge is -2.31. The van der Waals surface area contributed by atoms with Crippen LogP contribution in [0, 0.1) is 11.8 Å². The number of nitrogens with zero attached hydrogens (tertiary/aromatic N) is 1. The van der Waals surface area contributed by atoms with Crippen molar-refractivity contribution in [2.45, 2.75) is 84.0 Å². The van der Waals surface area contributed by atoms with Gasteiger partial charge < -0.3 is 31.5 Å². The first-order chi connectivity index (χ1) is 17.0. The van der Waals surface area contributed by atoms with Crippen LogP contribution in [0.25, 0.3) is 0 Å². The van der Waals surface area contributed by atoms with Crippen molar-refractivity contribution in [1.82, 2.24) is 15.5 Å². The minimum Gasteiger partial charge on any atom is -0.508 e. The van der Waals surface area contributed by atoms with Gasteiger partial charge >= 0.3 is 5.97 Å². The number of hydrogen-bond acceptors (Lipinski definition) is 6. The topological polar surface area (TPSA) is 162 Å². The molecule has 1 saturated heterocycles. The molecular weight excluding hydrogens is 464 g/mol. The van der Waals surface area contributed by atoms with Crippen LogP contribution >= 0.6 is 0 Å². The Morgan fingerprint density at radius 2 is 1.61 bits per heavy atom. The van der Waals surface area contributed by atoms with Gasteiger partial charge in [-0.2, -0.15) is 0 Å². The highest BCUT2D eigenvalue weighted by atomic mass is 16.4. The zero-order valence-electron chi connectivity index (χ0n) is 21.6. The highest BCUT2D eigenvalue weighted by molar-refractivity contribution is 5.94. The number of nitrogens with one attached hydrogen (secondary N) is 2. The third-order valence-electron chi connectivity index (χ3n) is 7.12. The molecule has 10 heteroatoms. The fraction of sp³-hybridized carbons (Fsp3) is 0.615. The Kier molecular flexibility index (Phi) is 10.7. The Balaban J connectivity index is 2.11. The second kappa shape index (κ2) is 13.2. The lowest BCUT2D eigenvalue weighted by atomic mass is 9.95. The van der Waals surface area contributed by atoms with Crippen molar-refractivity contribution in [2.75, 3.05) is 6.54 Å². The maximum atomic E-state index is 13.3. The number of carbonyl (C=O) groups excluding carboxylic acids is 3. The van der Waals surface area contributed by atoms with Gasteiger partial charge in [0.15, 0.2) is 0 Å². The lowest BCUT2D eigenvalue weighted by Crippen LogP contribution is -2.59. The van der Waals surface area contributed by atoms with Gasteiger partial charge in [0.25, 0.3) is 0 Å². The summed E-state index contributed by atoms with van der Waals surface area (Å²) in [6, 6.07) is 2.82. The molecule has 1 aromatic rings. The molecule has 1 fully saturated rings. The molecule has 10 nitrogen and oxygen atoms in total. The van der Waals surface area contributed by atoms with Crippen LogP contribution in [0.4, 0.5) is 0 Å². The second-order valence-electron chi connectivity index (χ2n) is 9.75. The van der Waals surface area contributed by atoms with Crippen molar-refractivity contribution in [2.24, 2.45) is 17.6 Å². The zero-order valence-corrected chi connectivity index (χ0v) is 21.6. The minimum atomic E-state index is -1.12. The van der Waals surface area contributed by atoms with Gasteiger partial charge in [0.1, 0.15) is 23.9 Å². The van der Waals surface area contributed by atoms with E-state index in [-0.39, 0.29) is 29.9 Å². The molecule has 0 aromatic heterocycles. The van der Waals surface area contributed by atoms with Crippen LogP contribution in [0.3, 0.4) is 0 Å². The Morgan fingerprint density at radius 3 is 2.17 bits per heavy atom. The predicted octanol–water partition coefficient (Wildman–Crippen LogP) is 1.40. The smallest absolute Gasteiger partial charge is 0.326 e. The number of likely N-dealkylation sites (tertiary alicyclic amines) is 1. The number of aliphatic carboxylic acids is 1. The Hall–Kier alpha value is -3.14. The van der Waals surface area contributed by atoms with Crippen LogP contribution < -0.4 is 16.4 Å². The van der Waals surface area contributed by atoms with Gasteiger partial charge in [0, 0.05) is 6.54 Å². The van der Waals surface area contributed by atoms with Gasteiger partial charge in [-0.05, 0) is 48.8 Å². The molecule has 1 aromatic carbocycles. The van der Waals surface area contributed by atoms with Crippen LogP contribution in [0.1, 0.15) is 58.9 Å². The van der Waals surface area contributed by atoms with Crippen molar-refractivity contribution in [3.8, 4) is 5.75 Å². The van der Waals surface area contributed by atoms with E-state index in [1.54, 1.807) is 19.1 Å². The van der Waals surface area contributed by atoms with E-state index >= 15 is 0 Å². The first kappa shape index (κ1) is 29.1. The molecule has 200 valence electrons. The normalized spacial score (nSPS) is 19.6. The second-order valence-corrected chi connectivity index (χ2v) is 9.75. The number of benzene rings is 1. The average Bonchev–Trinajstić information content (AvgIpc) is 3.35. The Bertz CT molecular complexity index is 922. The number of phenolic OH excluding ortho intramolecular Hbond substituents is 1. The molecular formula is C26H40N4O6. The quantitative estimate of drug-likeness (QED) is 0.287. The first-order valence-corrected chi connectivity index (χ1v) is 12.7. The monoisotopic (exact) mass is 504 g/mol. The zero-order chi connectivity index (χ0) is 27.0. The molecule has 1 heterocycles. The summed E-state index contributed by atoms with van der Waals surface area (Å²) in [4.78, 5) is 52.6. The molecule has 36 heavy (non-hydrogen) atoms. The predicted molar refractivity (Wildman–Crippen MR) is 135 cm³/mol. The maximum Gasteiger partial charge on any atom is 0.326 e. The third-order valence-corrected chi connectivity index (χ3v) is 7.12. The summed E-state index contributed by atoms with van der Waals surface area (Å²) < 4.78 is 0. The molecule has 1 aliphatic heterocycles. The van der Waals surface area contributed by atoms with Gasteiger partial charge in [-0.15, -0.1) is 0 Å². The Morgan fingerprint density at radius 1 is 1.03 bits per heavy atom. The number of carbonyl (C=O) groups is 4. The fourth-order valence-corrected chi connectivity index (χ4v) is 4.37. The largest absolute Gasteiger partial charge is 0.508 e. The SMILES string of the molecule is CCC(C)C(NC(=O)C(NC(=O)C1CCCN1C(=O)C(N)Cc1ccc(O)cc1)C(C)CC)C(=O)O. The van der Waals surface area contributed by atoms with Gasteiger partial charge in [-0.25, -0.2) is 4.79 Å². The number of carboxylic acids is 1. The van der Waals surface area contributed by atoms with E-state index in [0.29, 0.717) is 32.2 Å². The van der Waals surface area contributed by atoms with Crippen molar-refractivity contribution in [1.29, 1.82) is 0 Å². The van der Waals surface area contributed by atoms with E-state index in [0.717, 1.165) is 5.56 Å². The minimum absolute atomic E-state index is 0.119. The summed E-state index contributed by atoms with van der Waals surface area (Å²) in [5.74, 6) is -2.89. The van der Waals surface area contributed by atoms with Crippen LogP contribution in [0.2, 0.25) is 0 Å².